The molecule has 156 valence electrons. The Hall–Kier alpha value is -3.91. The summed E-state index contributed by atoms with van der Waals surface area (Å²) < 4.78 is 27.0. The SMILES string of the molecule is CC(=O)Nc1cccc(-c2cccc3[nH]c(C(=O)NS(=O)(=O)c4ccccc4)cc23)c1. The molecule has 0 atom stereocenters. The van der Waals surface area contributed by atoms with Crippen LogP contribution in [-0.2, 0) is 14.8 Å². The first kappa shape index (κ1) is 20.4. The molecule has 31 heavy (non-hydrogen) atoms. The first-order valence-corrected chi connectivity index (χ1v) is 10.9. The molecule has 2 amide bonds. The summed E-state index contributed by atoms with van der Waals surface area (Å²) in [5.41, 5.74) is 3.15. The number of carbonyl (C=O) groups excluding carboxylic acids is 2. The lowest BCUT2D eigenvalue weighted by molar-refractivity contribution is -0.114. The molecule has 0 aliphatic carbocycles. The minimum atomic E-state index is -3.98. The molecule has 0 spiro atoms. The van der Waals surface area contributed by atoms with Crippen molar-refractivity contribution in [2.45, 2.75) is 11.8 Å². The lowest BCUT2D eigenvalue weighted by atomic mass is 10.0. The maximum atomic E-state index is 12.7. The monoisotopic (exact) mass is 433 g/mol. The van der Waals surface area contributed by atoms with Gasteiger partial charge in [-0.3, -0.25) is 9.59 Å². The Balaban J connectivity index is 1.68. The molecule has 4 rings (SSSR count). The van der Waals surface area contributed by atoms with E-state index >= 15 is 0 Å². The van der Waals surface area contributed by atoms with Crippen LogP contribution >= 0.6 is 0 Å². The second-order valence-corrected chi connectivity index (χ2v) is 8.64. The van der Waals surface area contributed by atoms with E-state index in [-0.39, 0.29) is 16.5 Å². The largest absolute Gasteiger partial charge is 0.350 e. The van der Waals surface area contributed by atoms with Crippen molar-refractivity contribution in [2.75, 3.05) is 5.32 Å². The number of hydrogen-bond donors (Lipinski definition) is 3. The number of rotatable bonds is 5. The minimum absolute atomic E-state index is 0.00920. The highest BCUT2D eigenvalue weighted by Gasteiger charge is 2.20. The van der Waals surface area contributed by atoms with Gasteiger partial charge in [-0.25, -0.2) is 13.1 Å². The topological polar surface area (TPSA) is 108 Å². The van der Waals surface area contributed by atoms with Gasteiger partial charge in [0.25, 0.3) is 15.9 Å². The van der Waals surface area contributed by atoms with Crippen molar-refractivity contribution in [3.8, 4) is 11.1 Å². The Morgan fingerprint density at radius 3 is 2.35 bits per heavy atom. The van der Waals surface area contributed by atoms with Crippen LogP contribution in [0.25, 0.3) is 22.0 Å². The fraction of sp³-hybridized carbons (Fsp3) is 0.0435. The Morgan fingerprint density at radius 2 is 1.61 bits per heavy atom. The summed E-state index contributed by atoms with van der Waals surface area (Å²) in [5, 5.41) is 3.50. The van der Waals surface area contributed by atoms with E-state index in [4.69, 9.17) is 0 Å². The maximum absolute atomic E-state index is 12.7. The third-order valence-corrected chi connectivity index (χ3v) is 6.03. The summed E-state index contributed by atoms with van der Waals surface area (Å²) in [4.78, 5) is 27.0. The number of aromatic amines is 1. The quantitative estimate of drug-likeness (QED) is 0.443. The summed E-state index contributed by atoms with van der Waals surface area (Å²) in [5.74, 6) is -0.923. The highest BCUT2D eigenvalue weighted by atomic mass is 32.2. The van der Waals surface area contributed by atoms with Crippen molar-refractivity contribution in [1.29, 1.82) is 0 Å². The minimum Gasteiger partial charge on any atom is -0.350 e. The average molecular weight is 433 g/mol. The van der Waals surface area contributed by atoms with Crippen LogP contribution in [0.1, 0.15) is 17.4 Å². The van der Waals surface area contributed by atoms with E-state index in [2.05, 4.69) is 15.0 Å². The number of fused-ring (bicyclic) bond motifs is 1. The number of hydrogen-bond acceptors (Lipinski definition) is 4. The molecule has 3 aromatic carbocycles. The molecule has 8 heteroatoms. The average Bonchev–Trinajstić information content (AvgIpc) is 3.18. The summed E-state index contributed by atoms with van der Waals surface area (Å²) in [6.45, 7) is 1.44. The lowest BCUT2D eigenvalue weighted by Gasteiger charge is -2.07. The Morgan fingerprint density at radius 1 is 0.871 bits per heavy atom. The third kappa shape index (κ3) is 4.34. The fourth-order valence-corrected chi connectivity index (χ4v) is 4.32. The van der Waals surface area contributed by atoms with Crippen molar-refractivity contribution in [2.24, 2.45) is 0 Å². The standard InChI is InChI=1S/C23H19N3O4S/c1-15(27)24-17-8-5-7-16(13-17)19-11-6-12-21-20(19)14-22(25-21)23(28)26-31(29,30)18-9-3-2-4-10-18/h2-14,25H,1H3,(H,24,27)(H,26,28). The van der Waals surface area contributed by atoms with E-state index in [0.717, 1.165) is 16.5 Å². The Kier molecular flexibility index (Phi) is 5.31. The van der Waals surface area contributed by atoms with Gasteiger partial charge in [0.15, 0.2) is 0 Å². The molecule has 0 fully saturated rings. The number of amides is 2. The molecule has 0 saturated carbocycles. The normalized spacial score (nSPS) is 11.3. The first-order chi connectivity index (χ1) is 14.8. The van der Waals surface area contributed by atoms with Crippen LogP contribution in [0.3, 0.4) is 0 Å². The van der Waals surface area contributed by atoms with Gasteiger partial charge in [-0.1, -0.05) is 42.5 Å². The second kappa shape index (κ2) is 8.08. The van der Waals surface area contributed by atoms with Gasteiger partial charge in [-0.15, -0.1) is 0 Å². The van der Waals surface area contributed by atoms with Crippen molar-refractivity contribution < 1.29 is 18.0 Å². The summed E-state index contributed by atoms with van der Waals surface area (Å²) >= 11 is 0. The van der Waals surface area contributed by atoms with Crippen LogP contribution in [0.2, 0.25) is 0 Å². The number of benzene rings is 3. The molecule has 7 nitrogen and oxygen atoms in total. The van der Waals surface area contributed by atoms with Gasteiger partial charge in [0, 0.05) is 23.5 Å². The van der Waals surface area contributed by atoms with Gasteiger partial charge < -0.3 is 10.3 Å². The maximum Gasteiger partial charge on any atom is 0.281 e. The fourth-order valence-electron chi connectivity index (χ4n) is 3.33. The zero-order valence-electron chi connectivity index (χ0n) is 16.5. The van der Waals surface area contributed by atoms with E-state index in [1.54, 1.807) is 36.4 Å². The van der Waals surface area contributed by atoms with Crippen molar-refractivity contribution in [3.05, 3.63) is 84.6 Å². The van der Waals surface area contributed by atoms with Crippen molar-refractivity contribution >= 4 is 38.4 Å². The van der Waals surface area contributed by atoms with E-state index in [0.29, 0.717) is 11.2 Å². The molecule has 0 aliphatic rings. The highest BCUT2D eigenvalue weighted by molar-refractivity contribution is 7.90. The zero-order chi connectivity index (χ0) is 22.0. The molecular weight excluding hydrogens is 414 g/mol. The number of sulfonamides is 1. The van der Waals surface area contributed by atoms with Gasteiger partial charge in [-0.05, 0) is 47.5 Å². The number of nitrogens with one attached hydrogen (secondary N) is 3. The van der Waals surface area contributed by atoms with Crippen LogP contribution in [0.5, 0.6) is 0 Å². The molecule has 1 heterocycles. The first-order valence-electron chi connectivity index (χ1n) is 9.45. The van der Waals surface area contributed by atoms with Gasteiger partial charge in [0.1, 0.15) is 5.69 Å². The number of carbonyl (C=O) groups is 2. The highest BCUT2D eigenvalue weighted by Crippen LogP contribution is 2.31. The summed E-state index contributed by atoms with van der Waals surface area (Å²) in [7, 11) is -3.98. The third-order valence-electron chi connectivity index (χ3n) is 4.68. The van der Waals surface area contributed by atoms with Crippen LogP contribution in [0.4, 0.5) is 5.69 Å². The van der Waals surface area contributed by atoms with E-state index in [9.17, 15) is 18.0 Å². The van der Waals surface area contributed by atoms with Crippen molar-refractivity contribution in [3.63, 3.8) is 0 Å². The van der Waals surface area contributed by atoms with Crippen LogP contribution in [-0.4, -0.2) is 25.2 Å². The molecule has 0 aliphatic heterocycles. The second-order valence-electron chi connectivity index (χ2n) is 6.96. The Labute approximate surface area is 179 Å². The molecule has 0 saturated heterocycles. The predicted octanol–water partition coefficient (Wildman–Crippen LogP) is 3.91. The number of anilines is 1. The number of H-pyrrole nitrogens is 1. The molecule has 3 N–H and O–H groups in total. The Bertz CT molecular complexity index is 1390. The van der Waals surface area contributed by atoms with Crippen molar-refractivity contribution in [1.82, 2.24) is 9.71 Å². The lowest BCUT2D eigenvalue weighted by Crippen LogP contribution is -2.30. The summed E-state index contributed by atoms with van der Waals surface area (Å²) in [6, 6.07) is 22.2. The molecule has 0 bridgehead atoms. The van der Waals surface area contributed by atoms with Gasteiger partial charge in [0.05, 0.1) is 4.90 Å². The molecule has 4 aromatic rings. The molecular formula is C23H19N3O4S. The number of aromatic nitrogens is 1. The van der Waals surface area contributed by atoms with E-state index in [1.165, 1.54) is 19.1 Å². The van der Waals surface area contributed by atoms with E-state index in [1.807, 2.05) is 30.3 Å². The predicted molar refractivity (Wildman–Crippen MR) is 119 cm³/mol. The summed E-state index contributed by atoms with van der Waals surface area (Å²) in [6.07, 6.45) is 0. The van der Waals surface area contributed by atoms with Gasteiger partial charge in [-0.2, -0.15) is 0 Å². The smallest absolute Gasteiger partial charge is 0.281 e. The zero-order valence-corrected chi connectivity index (χ0v) is 17.4. The molecule has 0 unspecified atom stereocenters. The van der Waals surface area contributed by atoms with Crippen LogP contribution < -0.4 is 10.0 Å². The van der Waals surface area contributed by atoms with Gasteiger partial charge >= 0.3 is 0 Å². The molecule has 1 aromatic heterocycles. The van der Waals surface area contributed by atoms with Crippen LogP contribution in [0, 0.1) is 0 Å². The molecule has 0 radical (unpaired) electrons. The van der Waals surface area contributed by atoms with E-state index < -0.39 is 15.9 Å². The van der Waals surface area contributed by atoms with Crippen LogP contribution in [0.15, 0.2) is 83.8 Å². The van der Waals surface area contributed by atoms with Gasteiger partial charge in [0.2, 0.25) is 5.91 Å².